The summed E-state index contributed by atoms with van der Waals surface area (Å²) in [7, 11) is 0. The Kier molecular flexibility index (Phi) is 4.78. The number of halogens is 4. The summed E-state index contributed by atoms with van der Waals surface area (Å²) in [5, 5.41) is 3.69. The van der Waals surface area contributed by atoms with Gasteiger partial charge in [-0.15, -0.1) is 12.4 Å². The Hall–Kier alpha value is -1.04. The SMILES string of the molecule is Cl.N[C@H](c1ccsc1)c1cccc(C(F)(F)F)c1. The largest absolute Gasteiger partial charge is 0.416 e. The van der Waals surface area contributed by atoms with Crippen LogP contribution >= 0.6 is 23.7 Å². The van der Waals surface area contributed by atoms with Gasteiger partial charge in [-0.3, -0.25) is 0 Å². The molecule has 1 heterocycles. The fourth-order valence-electron chi connectivity index (χ4n) is 1.55. The first kappa shape index (κ1) is 15.0. The van der Waals surface area contributed by atoms with Crippen molar-refractivity contribution in [3.63, 3.8) is 0 Å². The topological polar surface area (TPSA) is 26.0 Å². The van der Waals surface area contributed by atoms with E-state index in [0.29, 0.717) is 5.56 Å². The minimum absolute atomic E-state index is 0. The van der Waals surface area contributed by atoms with Gasteiger partial charge in [-0.1, -0.05) is 12.1 Å². The van der Waals surface area contributed by atoms with Crippen LogP contribution in [0.4, 0.5) is 13.2 Å². The van der Waals surface area contributed by atoms with Crippen LogP contribution in [0.1, 0.15) is 22.7 Å². The average Bonchev–Trinajstić information content (AvgIpc) is 2.80. The highest BCUT2D eigenvalue weighted by atomic mass is 35.5. The van der Waals surface area contributed by atoms with Gasteiger partial charge in [-0.05, 0) is 40.1 Å². The van der Waals surface area contributed by atoms with Gasteiger partial charge in [-0.25, -0.2) is 0 Å². The summed E-state index contributed by atoms with van der Waals surface area (Å²) < 4.78 is 37.6. The van der Waals surface area contributed by atoms with Crippen molar-refractivity contribution in [2.24, 2.45) is 5.73 Å². The highest BCUT2D eigenvalue weighted by molar-refractivity contribution is 7.08. The van der Waals surface area contributed by atoms with Gasteiger partial charge in [0, 0.05) is 0 Å². The zero-order valence-electron chi connectivity index (χ0n) is 9.15. The van der Waals surface area contributed by atoms with Gasteiger partial charge >= 0.3 is 6.18 Å². The van der Waals surface area contributed by atoms with E-state index in [1.54, 1.807) is 6.07 Å². The number of hydrogen-bond acceptors (Lipinski definition) is 2. The second kappa shape index (κ2) is 5.73. The van der Waals surface area contributed by atoms with Gasteiger partial charge < -0.3 is 5.73 Å². The molecule has 0 saturated heterocycles. The number of hydrogen-bond donors (Lipinski definition) is 1. The highest BCUT2D eigenvalue weighted by Gasteiger charge is 2.30. The lowest BCUT2D eigenvalue weighted by Gasteiger charge is -2.13. The van der Waals surface area contributed by atoms with Crippen molar-refractivity contribution in [1.29, 1.82) is 0 Å². The molecule has 1 nitrogen and oxygen atoms in total. The van der Waals surface area contributed by atoms with E-state index in [2.05, 4.69) is 0 Å². The molecule has 2 aromatic rings. The average molecular weight is 294 g/mol. The van der Waals surface area contributed by atoms with Crippen molar-refractivity contribution in [3.05, 3.63) is 57.8 Å². The lowest BCUT2D eigenvalue weighted by Crippen LogP contribution is -2.13. The molecule has 1 aromatic carbocycles. The molecule has 98 valence electrons. The fourth-order valence-corrected chi connectivity index (χ4v) is 2.25. The molecular formula is C12H11ClF3NS. The Labute approximate surface area is 113 Å². The lowest BCUT2D eigenvalue weighted by atomic mass is 10.00. The van der Waals surface area contributed by atoms with Gasteiger partial charge in [-0.2, -0.15) is 24.5 Å². The van der Waals surface area contributed by atoms with Crippen LogP contribution in [0.15, 0.2) is 41.1 Å². The summed E-state index contributed by atoms with van der Waals surface area (Å²) in [5.41, 5.74) is 6.54. The van der Waals surface area contributed by atoms with E-state index in [1.165, 1.54) is 17.4 Å². The smallest absolute Gasteiger partial charge is 0.320 e. The molecule has 0 aliphatic rings. The quantitative estimate of drug-likeness (QED) is 0.881. The van der Waals surface area contributed by atoms with Gasteiger partial charge in [0.2, 0.25) is 0 Å². The molecular weight excluding hydrogens is 283 g/mol. The van der Waals surface area contributed by atoms with Crippen LogP contribution in [0.5, 0.6) is 0 Å². The van der Waals surface area contributed by atoms with Crippen LogP contribution in [0.2, 0.25) is 0 Å². The summed E-state index contributed by atoms with van der Waals surface area (Å²) >= 11 is 1.47. The molecule has 0 fully saturated rings. The van der Waals surface area contributed by atoms with Gasteiger partial charge in [0.05, 0.1) is 11.6 Å². The molecule has 0 unspecified atom stereocenters. The third kappa shape index (κ3) is 3.25. The van der Waals surface area contributed by atoms with Crippen molar-refractivity contribution in [2.75, 3.05) is 0 Å². The Morgan fingerprint density at radius 1 is 1.11 bits per heavy atom. The maximum atomic E-state index is 12.5. The second-order valence-electron chi connectivity index (χ2n) is 3.66. The summed E-state index contributed by atoms with van der Waals surface area (Å²) in [6.07, 6.45) is -4.33. The van der Waals surface area contributed by atoms with Crippen molar-refractivity contribution in [3.8, 4) is 0 Å². The molecule has 1 atom stereocenters. The summed E-state index contributed by atoms with van der Waals surface area (Å²) in [6, 6.07) is 6.44. The van der Waals surface area contributed by atoms with Crippen molar-refractivity contribution >= 4 is 23.7 Å². The third-order valence-corrected chi connectivity index (χ3v) is 3.18. The summed E-state index contributed by atoms with van der Waals surface area (Å²) in [6.45, 7) is 0. The van der Waals surface area contributed by atoms with Crippen molar-refractivity contribution < 1.29 is 13.2 Å². The first-order chi connectivity index (χ1) is 7.98. The Bertz CT molecular complexity index is 496. The standard InChI is InChI=1S/C12H10F3NS.ClH/c13-12(14,15)10-3-1-2-8(6-10)11(16)9-4-5-17-7-9;/h1-7,11H,16H2;1H/t11-;/m0./s1. The Morgan fingerprint density at radius 3 is 2.39 bits per heavy atom. The third-order valence-electron chi connectivity index (χ3n) is 2.48. The first-order valence-electron chi connectivity index (χ1n) is 4.93. The van der Waals surface area contributed by atoms with E-state index < -0.39 is 17.8 Å². The molecule has 0 radical (unpaired) electrons. The Balaban J connectivity index is 0.00000162. The molecule has 0 saturated carbocycles. The normalized spacial score (nSPS) is 12.9. The van der Waals surface area contributed by atoms with E-state index in [9.17, 15) is 13.2 Å². The molecule has 2 rings (SSSR count). The first-order valence-corrected chi connectivity index (χ1v) is 5.87. The lowest BCUT2D eigenvalue weighted by molar-refractivity contribution is -0.137. The van der Waals surface area contributed by atoms with Crippen LogP contribution in [0.25, 0.3) is 0 Å². The number of alkyl halides is 3. The number of benzene rings is 1. The van der Waals surface area contributed by atoms with Crippen LogP contribution in [0.3, 0.4) is 0 Å². The minimum Gasteiger partial charge on any atom is -0.320 e. The molecule has 0 bridgehead atoms. The maximum absolute atomic E-state index is 12.5. The monoisotopic (exact) mass is 293 g/mol. The predicted octanol–water partition coefficient (Wildman–Crippen LogP) is 4.24. The van der Waals surface area contributed by atoms with Crippen molar-refractivity contribution in [2.45, 2.75) is 12.2 Å². The second-order valence-corrected chi connectivity index (χ2v) is 4.44. The molecule has 0 spiro atoms. The van der Waals surface area contributed by atoms with Gasteiger partial charge in [0.25, 0.3) is 0 Å². The zero-order valence-corrected chi connectivity index (χ0v) is 10.8. The number of nitrogens with two attached hydrogens (primary N) is 1. The highest BCUT2D eigenvalue weighted by Crippen LogP contribution is 2.31. The molecule has 1 aromatic heterocycles. The van der Waals surface area contributed by atoms with Crippen LogP contribution in [-0.4, -0.2) is 0 Å². The molecule has 0 aliphatic carbocycles. The van der Waals surface area contributed by atoms with Crippen molar-refractivity contribution in [1.82, 2.24) is 0 Å². The summed E-state index contributed by atoms with van der Waals surface area (Å²) in [4.78, 5) is 0. The van der Waals surface area contributed by atoms with E-state index in [0.717, 1.165) is 17.7 Å². The molecule has 18 heavy (non-hydrogen) atoms. The van der Waals surface area contributed by atoms with Gasteiger partial charge in [0.1, 0.15) is 0 Å². The van der Waals surface area contributed by atoms with Crippen LogP contribution in [-0.2, 0) is 6.18 Å². The Morgan fingerprint density at radius 2 is 1.83 bits per heavy atom. The van der Waals surface area contributed by atoms with Crippen LogP contribution < -0.4 is 5.73 Å². The number of thiophene rings is 1. The predicted molar refractivity (Wildman–Crippen MR) is 69.0 cm³/mol. The summed E-state index contributed by atoms with van der Waals surface area (Å²) in [5.74, 6) is 0. The molecule has 0 aliphatic heterocycles. The maximum Gasteiger partial charge on any atom is 0.416 e. The van der Waals surface area contributed by atoms with E-state index in [4.69, 9.17) is 5.73 Å². The number of rotatable bonds is 2. The fraction of sp³-hybridized carbons (Fsp3) is 0.167. The molecule has 2 N–H and O–H groups in total. The molecule has 0 amide bonds. The minimum atomic E-state index is -4.33. The van der Waals surface area contributed by atoms with E-state index in [1.807, 2.05) is 16.8 Å². The molecule has 6 heteroatoms. The van der Waals surface area contributed by atoms with Crippen LogP contribution in [0, 0.1) is 0 Å². The van der Waals surface area contributed by atoms with E-state index >= 15 is 0 Å². The van der Waals surface area contributed by atoms with Gasteiger partial charge in [0.15, 0.2) is 0 Å². The zero-order chi connectivity index (χ0) is 12.5. The van der Waals surface area contributed by atoms with E-state index in [-0.39, 0.29) is 12.4 Å².